The highest BCUT2D eigenvalue weighted by molar-refractivity contribution is 5.88. The highest BCUT2D eigenvalue weighted by Gasteiger charge is 2.47. The highest BCUT2D eigenvalue weighted by atomic mass is 16.7. The zero-order valence-electron chi connectivity index (χ0n) is 21.1. The van der Waals surface area contributed by atoms with Crippen LogP contribution in [-0.2, 0) is 18.9 Å². The first-order chi connectivity index (χ1) is 19.1. The summed E-state index contributed by atoms with van der Waals surface area (Å²) in [5.41, 5.74) is 0.648. The van der Waals surface area contributed by atoms with Crippen molar-refractivity contribution in [1.29, 1.82) is 0 Å². The molecule has 0 saturated carbocycles. The lowest BCUT2D eigenvalue weighted by Gasteiger charge is -2.41. The van der Waals surface area contributed by atoms with E-state index in [4.69, 9.17) is 28.4 Å². The number of aliphatic hydroxyl groups excluding tert-OH is 6. The highest BCUT2D eigenvalue weighted by Crippen LogP contribution is 2.48. The fourth-order valence-electron chi connectivity index (χ4n) is 4.68. The Bertz CT molecular complexity index is 1360. The Labute approximate surface area is 226 Å². The normalized spacial score (nSPS) is 29.3. The summed E-state index contributed by atoms with van der Waals surface area (Å²) in [7, 11) is 2.62. The topological polar surface area (TPSA) is 218 Å². The third-order valence-corrected chi connectivity index (χ3v) is 6.68. The SMILES string of the molecule is COc1cc(C2=C(O[C@H]3O[C@H](CO)[C@@H](O)[C@@H](O)[C@@H]3O)C3=C4C(=CC(O)=CC4O2)OC(C(O)=[OH+])=C3)cc(OC)c1O. The molecule has 1 aliphatic carbocycles. The Hall–Kier alpha value is -4.21. The molecule has 0 spiro atoms. The van der Waals surface area contributed by atoms with Crippen LogP contribution in [0.3, 0.4) is 0 Å². The van der Waals surface area contributed by atoms with E-state index in [-0.39, 0.29) is 51.4 Å². The maximum Gasteiger partial charge on any atom is 0.552 e. The molecule has 1 unspecified atom stereocenters. The van der Waals surface area contributed by atoms with Crippen molar-refractivity contribution in [3.63, 3.8) is 0 Å². The van der Waals surface area contributed by atoms with Crippen molar-refractivity contribution in [1.82, 2.24) is 0 Å². The van der Waals surface area contributed by atoms with Gasteiger partial charge in [-0.05, 0) is 12.1 Å². The summed E-state index contributed by atoms with van der Waals surface area (Å²) in [6, 6.07) is 2.77. The molecule has 1 aromatic carbocycles. The van der Waals surface area contributed by atoms with Gasteiger partial charge in [-0.2, -0.15) is 0 Å². The van der Waals surface area contributed by atoms with E-state index in [0.717, 1.165) is 0 Å². The molecule has 40 heavy (non-hydrogen) atoms. The summed E-state index contributed by atoms with van der Waals surface area (Å²) in [6.07, 6.45) is -5.38. The fourth-order valence-corrected chi connectivity index (χ4v) is 4.68. The number of hydrogen-bond donors (Lipinski definition) is 7. The number of phenols is 1. The van der Waals surface area contributed by atoms with Crippen molar-refractivity contribution in [2.45, 2.75) is 36.8 Å². The summed E-state index contributed by atoms with van der Waals surface area (Å²) in [6.45, 7) is -0.711. The molecule has 1 fully saturated rings. The molecular formula is C26H27O14+. The molecule has 5 rings (SSSR count). The van der Waals surface area contributed by atoms with Gasteiger partial charge in [0.05, 0.1) is 26.4 Å². The van der Waals surface area contributed by atoms with Crippen LogP contribution in [0.1, 0.15) is 5.56 Å². The van der Waals surface area contributed by atoms with Gasteiger partial charge in [0.1, 0.15) is 35.9 Å². The van der Waals surface area contributed by atoms with E-state index in [1.54, 1.807) is 0 Å². The number of aliphatic hydroxyl groups is 5. The summed E-state index contributed by atoms with van der Waals surface area (Å²) in [4.78, 5) is 9.81. The third kappa shape index (κ3) is 4.51. The number of allylic oxidation sites excluding steroid dienone is 2. The van der Waals surface area contributed by atoms with E-state index < -0.39 is 55.1 Å². The number of methoxy groups -OCH3 is 2. The minimum absolute atomic E-state index is 0.00656. The van der Waals surface area contributed by atoms with E-state index in [1.807, 2.05) is 0 Å². The van der Waals surface area contributed by atoms with Crippen molar-refractivity contribution < 1.29 is 69.0 Å². The minimum Gasteiger partial charge on any atom is -0.508 e. The molecule has 3 heterocycles. The van der Waals surface area contributed by atoms with Gasteiger partial charge in [0.15, 0.2) is 29.1 Å². The van der Waals surface area contributed by atoms with Gasteiger partial charge in [-0.3, -0.25) is 0 Å². The lowest BCUT2D eigenvalue weighted by Crippen LogP contribution is -2.59. The van der Waals surface area contributed by atoms with Gasteiger partial charge in [0, 0.05) is 29.4 Å². The Morgan fingerprint density at radius 1 is 1.00 bits per heavy atom. The molecule has 8 N–H and O–H groups in total. The van der Waals surface area contributed by atoms with Crippen LogP contribution < -0.4 is 9.47 Å². The predicted octanol–water partition coefficient (Wildman–Crippen LogP) is -0.0962. The molecule has 3 aliphatic heterocycles. The number of carboxylic acids is 1. The maximum atomic E-state index is 10.7. The van der Waals surface area contributed by atoms with Crippen LogP contribution in [0.4, 0.5) is 0 Å². The second-order valence-electron chi connectivity index (χ2n) is 9.10. The first-order valence-corrected chi connectivity index (χ1v) is 11.9. The van der Waals surface area contributed by atoms with Crippen molar-refractivity contribution in [3.05, 3.63) is 70.1 Å². The molecule has 0 radical (unpaired) electrons. The van der Waals surface area contributed by atoms with Crippen molar-refractivity contribution in [2.75, 3.05) is 20.8 Å². The van der Waals surface area contributed by atoms with E-state index in [2.05, 4.69) is 0 Å². The molecular weight excluding hydrogens is 536 g/mol. The molecule has 1 saturated heterocycles. The summed E-state index contributed by atoms with van der Waals surface area (Å²) >= 11 is 0. The summed E-state index contributed by atoms with van der Waals surface area (Å²) < 4.78 is 33.8. The second kappa shape index (κ2) is 10.4. The average Bonchev–Trinajstić information content (AvgIpc) is 2.93. The zero-order chi connectivity index (χ0) is 28.9. The number of phenolic OH excluding ortho intramolecular Hbond substituents is 1. The van der Waals surface area contributed by atoms with Crippen molar-refractivity contribution in [3.8, 4) is 17.2 Å². The molecule has 0 bridgehead atoms. The number of ether oxygens (including phenoxy) is 6. The molecule has 0 aromatic heterocycles. The molecule has 0 amide bonds. The van der Waals surface area contributed by atoms with E-state index in [1.165, 1.54) is 44.6 Å². The lowest BCUT2D eigenvalue weighted by atomic mass is 9.89. The lowest BCUT2D eigenvalue weighted by molar-refractivity contribution is -0.290. The Kier molecular flexibility index (Phi) is 7.12. The molecule has 4 aliphatic rings. The van der Waals surface area contributed by atoms with E-state index in [0.29, 0.717) is 5.57 Å². The first kappa shape index (κ1) is 27.4. The first-order valence-electron chi connectivity index (χ1n) is 11.9. The predicted molar refractivity (Wildman–Crippen MR) is 132 cm³/mol. The quantitative estimate of drug-likeness (QED) is 0.216. The Morgan fingerprint density at radius 2 is 1.68 bits per heavy atom. The van der Waals surface area contributed by atoms with Crippen molar-refractivity contribution in [2.24, 2.45) is 0 Å². The average molecular weight is 563 g/mol. The van der Waals surface area contributed by atoms with Gasteiger partial charge in [-0.15, -0.1) is 0 Å². The van der Waals surface area contributed by atoms with Gasteiger partial charge in [0.25, 0.3) is 5.76 Å². The summed E-state index contributed by atoms with van der Waals surface area (Å²) in [5, 5.41) is 71.4. The third-order valence-electron chi connectivity index (χ3n) is 6.68. The van der Waals surface area contributed by atoms with Gasteiger partial charge in [-0.1, -0.05) is 0 Å². The Balaban J connectivity index is 1.73. The van der Waals surface area contributed by atoms with E-state index >= 15 is 0 Å². The molecule has 14 heteroatoms. The van der Waals surface area contributed by atoms with Gasteiger partial charge in [-0.25, -0.2) is 0 Å². The monoisotopic (exact) mass is 563 g/mol. The number of aromatic hydroxyl groups is 1. The standard InChI is InChI=1S/C26H26O14/c1-35-14-3-9(4-15(36-2)19(14)29)23-24(40-26-22(32)21(31)20(30)17(8-27)39-26)11-7-16(25(33)34)37-12-5-10(28)6-13(38-23)18(11)12/h3-7,13,17,20-22,26-32H,8H2,1-2H3,(H,33,34)/p+1/t13?,17-,20-,21-,22+,26-/m1/s1. The molecule has 214 valence electrons. The van der Waals surface area contributed by atoms with Crippen LogP contribution in [-0.4, -0.2) is 104 Å². The van der Waals surface area contributed by atoms with Crippen LogP contribution in [0, 0.1) is 0 Å². The summed E-state index contributed by atoms with van der Waals surface area (Å²) in [5.74, 6) is -2.44. The number of hydrogen-bond acceptors (Lipinski definition) is 12. The van der Waals surface area contributed by atoms with Gasteiger partial charge in [0.2, 0.25) is 12.0 Å². The Morgan fingerprint density at radius 3 is 2.27 bits per heavy atom. The molecule has 6 atom stereocenters. The number of carboxylic acid groups (broad SMARTS) is 1. The number of benzene rings is 1. The van der Waals surface area contributed by atoms with Crippen LogP contribution in [0.15, 0.2) is 64.5 Å². The van der Waals surface area contributed by atoms with Crippen LogP contribution >= 0.6 is 0 Å². The maximum absolute atomic E-state index is 10.7. The van der Waals surface area contributed by atoms with Gasteiger partial charge >= 0.3 is 5.97 Å². The zero-order valence-corrected chi connectivity index (χ0v) is 21.1. The van der Waals surface area contributed by atoms with E-state index in [9.17, 15) is 40.5 Å². The number of aliphatic carboxylic acids is 1. The van der Waals surface area contributed by atoms with Crippen LogP contribution in [0.5, 0.6) is 17.2 Å². The second-order valence-corrected chi connectivity index (χ2v) is 9.10. The minimum atomic E-state index is -1.80. The fraction of sp³-hybridized carbons (Fsp3) is 0.346. The number of rotatable bonds is 7. The smallest absolute Gasteiger partial charge is 0.508 e. The van der Waals surface area contributed by atoms with Crippen LogP contribution in [0.25, 0.3) is 5.76 Å². The molecule has 14 nitrogen and oxygen atoms in total. The van der Waals surface area contributed by atoms with Gasteiger partial charge < -0.3 is 69.0 Å². The molecule has 1 aromatic rings. The largest absolute Gasteiger partial charge is 0.552 e. The van der Waals surface area contributed by atoms with Crippen LogP contribution in [0.2, 0.25) is 0 Å². The van der Waals surface area contributed by atoms with Crippen molar-refractivity contribution >= 4 is 11.7 Å².